The van der Waals surface area contributed by atoms with E-state index in [-0.39, 0.29) is 0 Å². The minimum Gasteiger partial charge on any atom is -0.494 e. The molecule has 1 aliphatic rings. The second-order valence-corrected chi connectivity index (χ2v) is 9.13. The van der Waals surface area contributed by atoms with Crippen LogP contribution in [0.2, 0.25) is 5.02 Å². The van der Waals surface area contributed by atoms with Gasteiger partial charge in [-0.3, -0.25) is 4.90 Å². The Morgan fingerprint density at radius 3 is 2.64 bits per heavy atom. The number of anilines is 1. The SMILES string of the molecule is NC(=O)Oc1cccc2[nH]c(-c3cccc(OCCCN4CCN(c5cccc(Cl)c5)CC4)c3)nc12. The zero-order chi connectivity index (χ0) is 24.9. The Morgan fingerprint density at radius 2 is 1.83 bits per heavy atom. The number of benzene rings is 3. The maximum absolute atomic E-state index is 11.2. The highest BCUT2D eigenvalue weighted by atomic mass is 35.5. The average Bonchev–Trinajstić information content (AvgIpc) is 3.33. The van der Waals surface area contributed by atoms with Crippen LogP contribution in [0.15, 0.2) is 66.7 Å². The largest absolute Gasteiger partial charge is 0.494 e. The lowest BCUT2D eigenvalue weighted by atomic mass is 10.2. The lowest BCUT2D eigenvalue weighted by molar-refractivity contribution is 0.211. The number of rotatable bonds is 8. The Kier molecular flexibility index (Phi) is 7.25. The van der Waals surface area contributed by atoms with Crippen molar-refractivity contribution < 1.29 is 14.3 Å². The molecule has 0 atom stereocenters. The van der Waals surface area contributed by atoms with Crippen molar-refractivity contribution in [2.45, 2.75) is 6.42 Å². The molecule has 0 saturated carbocycles. The van der Waals surface area contributed by atoms with E-state index in [0.29, 0.717) is 23.7 Å². The highest BCUT2D eigenvalue weighted by Gasteiger charge is 2.17. The number of amides is 1. The summed E-state index contributed by atoms with van der Waals surface area (Å²) in [5, 5.41) is 0.776. The van der Waals surface area contributed by atoms with Crippen LogP contribution in [0.1, 0.15) is 6.42 Å². The summed E-state index contributed by atoms with van der Waals surface area (Å²) in [4.78, 5) is 23.9. The smallest absolute Gasteiger partial charge is 0.410 e. The van der Waals surface area contributed by atoms with Crippen molar-refractivity contribution in [2.24, 2.45) is 5.73 Å². The lowest BCUT2D eigenvalue weighted by Crippen LogP contribution is -2.46. The van der Waals surface area contributed by atoms with Crippen molar-refractivity contribution in [1.82, 2.24) is 14.9 Å². The number of para-hydroxylation sites is 1. The first-order valence-corrected chi connectivity index (χ1v) is 12.3. The van der Waals surface area contributed by atoms with E-state index in [2.05, 4.69) is 25.8 Å². The van der Waals surface area contributed by atoms with Gasteiger partial charge >= 0.3 is 6.09 Å². The molecular formula is C27H28ClN5O3. The number of carbonyl (C=O) groups is 1. The summed E-state index contributed by atoms with van der Waals surface area (Å²) in [5.74, 6) is 1.77. The van der Waals surface area contributed by atoms with E-state index in [4.69, 9.17) is 26.8 Å². The quantitative estimate of drug-likeness (QED) is 0.329. The molecule has 1 saturated heterocycles. The predicted octanol–water partition coefficient (Wildman–Crippen LogP) is 4.93. The molecule has 1 aromatic heterocycles. The fourth-order valence-corrected chi connectivity index (χ4v) is 4.63. The van der Waals surface area contributed by atoms with Gasteiger partial charge in [-0.1, -0.05) is 35.9 Å². The Bertz CT molecular complexity index is 1350. The maximum atomic E-state index is 11.2. The molecule has 8 nitrogen and oxygen atoms in total. The molecule has 0 spiro atoms. The average molecular weight is 506 g/mol. The Labute approximate surface area is 214 Å². The number of primary amides is 1. The first-order valence-electron chi connectivity index (χ1n) is 12.0. The van der Waals surface area contributed by atoms with Gasteiger partial charge in [-0.15, -0.1) is 0 Å². The van der Waals surface area contributed by atoms with Crippen molar-refractivity contribution in [3.63, 3.8) is 0 Å². The number of nitrogens with one attached hydrogen (secondary N) is 1. The standard InChI is InChI=1S/C27H28ClN5O3/c28-20-6-2-7-21(18-20)33-14-12-32(13-15-33)11-4-16-35-22-8-1-5-19(17-22)26-30-23-9-3-10-24(25(23)31-26)36-27(29)34/h1-3,5-10,17-18H,4,11-16H2,(H2,29,34)(H,30,31). The van der Waals surface area contributed by atoms with Crippen molar-refractivity contribution in [3.8, 4) is 22.9 Å². The van der Waals surface area contributed by atoms with Crippen LogP contribution in [-0.4, -0.2) is 60.3 Å². The molecule has 5 rings (SSSR count). The summed E-state index contributed by atoms with van der Waals surface area (Å²) in [6.07, 6.45) is 0.0743. The Hall–Kier alpha value is -3.75. The molecule has 0 bridgehead atoms. The molecule has 0 radical (unpaired) electrons. The molecule has 186 valence electrons. The summed E-state index contributed by atoms with van der Waals surface area (Å²) in [5.41, 5.74) is 8.54. The van der Waals surface area contributed by atoms with Crippen molar-refractivity contribution >= 4 is 34.4 Å². The third kappa shape index (κ3) is 5.72. The predicted molar refractivity (Wildman–Crippen MR) is 142 cm³/mol. The van der Waals surface area contributed by atoms with Crippen molar-refractivity contribution in [1.29, 1.82) is 0 Å². The van der Waals surface area contributed by atoms with Gasteiger partial charge in [0.05, 0.1) is 12.1 Å². The van der Waals surface area contributed by atoms with E-state index in [1.165, 1.54) is 5.69 Å². The number of ether oxygens (including phenoxy) is 2. The zero-order valence-corrected chi connectivity index (χ0v) is 20.6. The van der Waals surface area contributed by atoms with Crippen LogP contribution in [0.25, 0.3) is 22.4 Å². The number of carbonyl (C=O) groups excluding carboxylic acids is 1. The van der Waals surface area contributed by atoms with E-state index in [0.717, 1.165) is 61.0 Å². The number of nitrogens with two attached hydrogens (primary N) is 1. The molecular weight excluding hydrogens is 478 g/mol. The van der Waals surface area contributed by atoms with Gasteiger partial charge in [0.25, 0.3) is 0 Å². The molecule has 1 fully saturated rings. The van der Waals surface area contributed by atoms with Crippen LogP contribution in [0.4, 0.5) is 10.5 Å². The van der Waals surface area contributed by atoms with E-state index in [1.54, 1.807) is 12.1 Å². The van der Waals surface area contributed by atoms with E-state index in [9.17, 15) is 4.79 Å². The summed E-state index contributed by atoms with van der Waals surface area (Å²) in [6.45, 7) is 5.66. The van der Waals surface area contributed by atoms with Gasteiger partial charge in [-0.25, -0.2) is 9.78 Å². The molecule has 3 aromatic carbocycles. The van der Waals surface area contributed by atoms with E-state index >= 15 is 0 Å². The zero-order valence-electron chi connectivity index (χ0n) is 19.8. The summed E-state index contributed by atoms with van der Waals surface area (Å²) in [7, 11) is 0. The van der Waals surface area contributed by atoms with Crippen LogP contribution < -0.4 is 20.1 Å². The Morgan fingerprint density at radius 1 is 1.03 bits per heavy atom. The summed E-state index contributed by atoms with van der Waals surface area (Å²) in [6, 6.07) is 21.1. The molecule has 1 amide bonds. The second kappa shape index (κ2) is 10.9. The number of hydrogen-bond acceptors (Lipinski definition) is 6. The number of piperazine rings is 1. The fraction of sp³-hybridized carbons (Fsp3) is 0.259. The normalized spacial score (nSPS) is 14.2. The molecule has 4 aromatic rings. The van der Waals surface area contributed by atoms with Crippen LogP contribution in [-0.2, 0) is 0 Å². The van der Waals surface area contributed by atoms with Gasteiger partial charge in [0.1, 0.15) is 17.1 Å². The Balaban J connectivity index is 1.13. The molecule has 1 aliphatic heterocycles. The first-order chi connectivity index (χ1) is 17.5. The molecule has 9 heteroatoms. The number of aromatic nitrogens is 2. The third-order valence-corrected chi connectivity index (χ3v) is 6.46. The molecule has 3 N–H and O–H groups in total. The fourth-order valence-electron chi connectivity index (χ4n) is 4.45. The molecule has 36 heavy (non-hydrogen) atoms. The monoisotopic (exact) mass is 505 g/mol. The van der Waals surface area contributed by atoms with Gasteiger partial charge in [0.15, 0.2) is 5.75 Å². The number of aromatic amines is 1. The van der Waals surface area contributed by atoms with Gasteiger partial charge in [-0.05, 0) is 48.9 Å². The highest BCUT2D eigenvalue weighted by Crippen LogP contribution is 2.29. The number of fused-ring (bicyclic) bond motifs is 1. The van der Waals surface area contributed by atoms with E-state index < -0.39 is 6.09 Å². The maximum Gasteiger partial charge on any atom is 0.410 e. The minimum atomic E-state index is -0.870. The lowest BCUT2D eigenvalue weighted by Gasteiger charge is -2.36. The number of hydrogen-bond donors (Lipinski definition) is 2. The van der Waals surface area contributed by atoms with Gasteiger partial charge in [0, 0.05) is 49.0 Å². The highest BCUT2D eigenvalue weighted by molar-refractivity contribution is 6.30. The minimum absolute atomic E-state index is 0.323. The van der Waals surface area contributed by atoms with Crippen molar-refractivity contribution in [3.05, 3.63) is 71.8 Å². The van der Waals surface area contributed by atoms with Gasteiger partial charge in [0.2, 0.25) is 0 Å². The second-order valence-electron chi connectivity index (χ2n) is 8.70. The molecule has 0 unspecified atom stereocenters. The first kappa shape index (κ1) is 24.0. The number of nitrogens with zero attached hydrogens (tertiary/aromatic N) is 3. The number of halogens is 1. The van der Waals surface area contributed by atoms with Crippen LogP contribution >= 0.6 is 11.6 Å². The van der Waals surface area contributed by atoms with Crippen LogP contribution in [0, 0.1) is 0 Å². The topological polar surface area (TPSA) is 96.7 Å². The number of H-pyrrole nitrogens is 1. The van der Waals surface area contributed by atoms with Gasteiger partial charge < -0.3 is 25.1 Å². The molecule has 0 aliphatic carbocycles. The summed E-state index contributed by atoms with van der Waals surface area (Å²) >= 11 is 6.14. The molecule has 2 heterocycles. The van der Waals surface area contributed by atoms with Crippen LogP contribution in [0.5, 0.6) is 11.5 Å². The van der Waals surface area contributed by atoms with E-state index in [1.807, 2.05) is 48.5 Å². The van der Waals surface area contributed by atoms with Crippen LogP contribution in [0.3, 0.4) is 0 Å². The van der Waals surface area contributed by atoms with Gasteiger partial charge in [-0.2, -0.15) is 0 Å². The van der Waals surface area contributed by atoms with Crippen molar-refractivity contribution in [2.75, 3.05) is 44.2 Å². The third-order valence-electron chi connectivity index (χ3n) is 6.23. The summed E-state index contributed by atoms with van der Waals surface area (Å²) < 4.78 is 11.1. The number of imidazole rings is 1.